The summed E-state index contributed by atoms with van der Waals surface area (Å²) in [7, 11) is 0. The fraction of sp³-hybridized carbons (Fsp3) is 0.417. The van der Waals surface area contributed by atoms with E-state index in [-0.39, 0.29) is 13.2 Å². The van der Waals surface area contributed by atoms with Crippen LogP contribution in [0.25, 0.3) is 0 Å². The lowest BCUT2D eigenvalue weighted by atomic mass is 10.1. The summed E-state index contributed by atoms with van der Waals surface area (Å²) in [6.45, 7) is 0.936. The van der Waals surface area contributed by atoms with Crippen molar-refractivity contribution in [1.29, 1.82) is 0 Å². The Hall–Kier alpha value is -1.59. The second kappa shape index (κ2) is 5.65. The van der Waals surface area contributed by atoms with Crippen molar-refractivity contribution in [2.24, 2.45) is 0 Å². The van der Waals surface area contributed by atoms with Gasteiger partial charge >= 0.3 is 5.97 Å². The summed E-state index contributed by atoms with van der Waals surface area (Å²) in [5.74, 6) is -0.845. The van der Waals surface area contributed by atoms with Crippen molar-refractivity contribution in [1.82, 2.24) is 0 Å². The first kappa shape index (κ1) is 13.5. The number of hydrogen-bond donors (Lipinski definition) is 3. The first-order valence-electron chi connectivity index (χ1n) is 5.24. The number of carboxylic acids is 1. The maximum atomic E-state index is 10.6. The van der Waals surface area contributed by atoms with E-state index in [9.17, 15) is 9.90 Å². The van der Waals surface area contributed by atoms with Gasteiger partial charge in [0.05, 0.1) is 0 Å². The quantitative estimate of drug-likeness (QED) is 0.671. The molecule has 0 fully saturated rings. The van der Waals surface area contributed by atoms with E-state index in [1.807, 2.05) is 0 Å². The third-order valence-electron chi connectivity index (χ3n) is 2.30. The zero-order chi connectivity index (χ0) is 12.9. The summed E-state index contributed by atoms with van der Waals surface area (Å²) in [6.07, 6.45) is 0.563. The minimum absolute atomic E-state index is 0.0773. The van der Waals surface area contributed by atoms with Crippen LogP contribution in [0.4, 0.5) is 0 Å². The molecule has 17 heavy (non-hydrogen) atoms. The molecule has 0 saturated heterocycles. The van der Waals surface area contributed by atoms with Gasteiger partial charge < -0.3 is 20.1 Å². The molecule has 1 unspecified atom stereocenters. The lowest BCUT2D eigenvalue weighted by Gasteiger charge is -2.18. The van der Waals surface area contributed by atoms with Gasteiger partial charge in [-0.2, -0.15) is 0 Å². The number of aliphatic hydroxyl groups is 2. The summed E-state index contributed by atoms with van der Waals surface area (Å²) in [4.78, 5) is 10.6. The second-order valence-corrected chi connectivity index (χ2v) is 3.99. The Morgan fingerprint density at radius 3 is 2.41 bits per heavy atom. The summed E-state index contributed by atoms with van der Waals surface area (Å²) < 4.78 is 5.17. The van der Waals surface area contributed by atoms with Crippen molar-refractivity contribution < 1.29 is 24.9 Å². The number of aliphatic hydroxyl groups excluding tert-OH is 1. The maximum absolute atomic E-state index is 10.6. The van der Waals surface area contributed by atoms with E-state index in [0.29, 0.717) is 12.2 Å². The van der Waals surface area contributed by atoms with Crippen molar-refractivity contribution in [3.8, 4) is 5.75 Å². The highest BCUT2D eigenvalue weighted by Crippen LogP contribution is 2.14. The molecule has 0 spiro atoms. The van der Waals surface area contributed by atoms with E-state index < -0.39 is 11.6 Å². The van der Waals surface area contributed by atoms with E-state index in [1.165, 1.54) is 6.92 Å². The molecule has 1 aromatic carbocycles. The molecule has 0 amide bonds. The molecule has 94 valence electrons. The minimum Gasteiger partial charge on any atom is -0.490 e. The molecular formula is C12H16O5. The molecule has 0 bridgehead atoms. The molecule has 1 atom stereocenters. The van der Waals surface area contributed by atoms with Crippen molar-refractivity contribution in [3.63, 3.8) is 0 Å². The Kier molecular flexibility index (Phi) is 4.48. The maximum Gasteiger partial charge on any atom is 0.339 e. The van der Waals surface area contributed by atoms with Gasteiger partial charge in [0.1, 0.15) is 12.4 Å². The van der Waals surface area contributed by atoms with Gasteiger partial charge in [0.2, 0.25) is 0 Å². The predicted molar refractivity (Wildman–Crippen MR) is 61.0 cm³/mol. The highest BCUT2D eigenvalue weighted by molar-refractivity contribution is 5.76. The number of benzene rings is 1. The van der Waals surface area contributed by atoms with Crippen LogP contribution in [-0.4, -0.2) is 40.1 Å². The van der Waals surface area contributed by atoms with Gasteiger partial charge in [-0.15, -0.1) is 0 Å². The third-order valence-corrected chi connectivity index (χ3v) is 2.30. The molecule has 0 aliphatic rings. The van der Waals surface area contributed by atoms with E-state index in [1.54, 1.807) is 24.3 Å². The van der Waals surface area contributed by atoms with Gasteiger partial charge in [-0.05, 0) is 31.0 Å². The molecule has 0 aromatic heterocycles. The Morgan fingerprint density at radius 2 is 1.94 bits per heavy atom. The van der Waals surface area contributed by atoms with E-state index in [4.69, 9.17) is 14.9 Å². The highest BCUT2D eigenvalue weighted by Gasteiger charge is 2.30. The third kappa shape index (κ3) is 4.05. The molecule has 1 aromatic rings. The van der Waals surface area contributed by atoms with Crippen LogP contribution < -0.4 is 4.74 Å². The summed E-state index contributed by atoms with van der Waals surface area (Å²) in [5, 5.41) is 26.8. The van der Waals surface area contributed by atoms with Gasteiger partial charge in [0.15, 0.2) is 5.60 Å². The average Bonchev–Trinajstić information content (AvgIpc) is 2.28. The fourth-order valence-electron chi connectivity index (χ4n) is 1.17. The normalized spacial score (nSPS) is 14.1. The Labute approximate surface area is 99.3 Å². The van der Waals surface area contributed by atoms with Gasteiger partial charge in [-0.25, -0.2) is 4.79 Å². The summed E-state index contributed by atoms with van der Waals surface area (Å²) >= 11 is 0. The van der Waals surface area contributed by atoms with Gasteiger partial charge in [0.25, 0.3) is 0 Å². The molecule has 5 heteroatoms. The molecule has 0 radical (unpaired) electrons. The molecule has 5 nitrogen and oxygen atoms in total. The van der Waals surface area contributed by atoms with Gasteiger partial charge in [-0.1, -0.05) is 12.1 Å². The van der Waals surface area contributed by atoms with Crippen LogP contribution in [0.2, 0.25) is 0 Å². The molecule has 0 saturated carbocycles. The van der Waals surface area contributed by atoms with Gasteiger partial charge in [-0.3, -0.25) is 0 Å². The average molecular weight is 240 g/mol. The lowest BCUT2D eigenvalue weighted by Crippen LogP contribution is -2.41. The largest absolute Gasteiger partial charge is 0.490 e. The lowest BCUT2D eigenvalue weighted by molar-refractivity contribution is -0.159. The number of ether oxygens (including phenoxy) is 1. The smallest absolute Gasteiger partial charge is 0.339 e. The van der Waals surface area contributed by atoms with Crippen LogP contribution in [0.3, 0.4) is 0 Å². The minimum atomic E-state index is -1.90. The van der Waals surface area contributed by atoms with Crippen LogP contribution in [-0.2, 0) is 11.2 Å². The summed E-state index contributed by atoms with van der Waals surface area (Å²) in [5.41, 5.74) is -0.936. The molecule has 0 aliphatic carbocycles. The van der Waals surface area contributed by atoms with Crippen LogP contribution >= 0.6 is 0 Å². The first-order valence-corrected chi connectivity index (χ1v) is 5.24. The molecule has 0 aliphatic heterocycles. The van der Waals surface area contributed by atoms with Crippen LogP contribution in [0.1, 0.15) is 12.5 Å². The number of hydrogen-bond acceptors (Lipinski definition) is 4. The predicted octanol–water partition coefficient (Wildman–Crippen LogP) is 0.436. The van der Waals surface area contributed by atoms with E-state index in [0.717, 1.165) is 5.56 Å². The van der Waals surface area contributed by atoms with E-state index >= 15 is 0 Å². The Balaban J connectivity index is 2.55. The highest BCUT2D eigenvalue weighted by atomic mass is 16.5. The standard InChI is InChI=1S/C12H16O5/c1-12(16,11(14)15)8-17-10-4-2-9(3-5-10)6-7-13/h2-5,13,16H,6-8H2,1H3,(H,14,15). The van der Waals surface area contributed by atoms with Crippen LogP contribution in [0.5, 0.6) is 5.75 Å². The second-order valence-electron chi connectivity index (χ2n) is 3.99. The van der Waals surface area contributed by atoms with E-state index in [2.05, 4.69) is 0 Å². The number of rotatable bonds is 6. The number of aliphatic carboxylic acids is 1. The SMILES string of the molecule is CC(O)(COc1ccc(CCO)cc1)C(=O)O. The molecule has 1 rings (SSSR count). The zero-order valence-electron chi connectivity index (χ0n) is 9.59. The van der Waals surface area contributed by atoms with Crippen molar-refractivity contribution in [2.75, 3.05) is 13.2 Å². The van der Waals surface area contributed by atoms with Crippen molar-refractivity contribution in [2.45, 2.75) is 18.9 Å². The monoisotopic (exact) mass is 240 g/mol. The van der Waals surface area contributed by atoms with Crippen molar-refractivity contribution >= 4 is 5.97 Å². The molecule has 3 N–H and O–H groups in total. The number of carbonyl (C=O) groups is 1. The first-order chi connectivity index (χ1) is 7.95. The Morgan fingerprint density at radius 1 is 1.35 bits per heavy atom. The van der Waals surface area contributed by atoms with Gasteiger partial charge in [0, 0.05) is 6.61 Å². The fourth-order valence-corrected chi connectivity index (χ4v) is 1.17. The Bertz CT molecular complexity index is 369. The number of carboxylic acid groups (broad SMARTS) is 1. The molecule has 0 heterocycles. The topological polar surface area (TPSA) is 87.0 Å². The zero-order valence-corrected chi connectivity index (χ0v) is 9.59. The molecular weight excluding hydrogens is 224 g/mol. The van der Waals surface area contributed by atoms with Crippen molar-refractivity contribution in [3.05, 3.63) is 29.8 Å². The van der Waals surface area contributed by atoms with Crippen LogP contribution in [0.15, 0.2) is 24.3 Å². The summed E-state index contributed by atoms with van der Waals surface area (Å²) in [6, 6.07) is 6.90. The van der Waals surface area contributed by atoms with Crippen LogP contribution in [0, 0.1) is 0 Å².